The van der Waals surface area contributed by atoms with E-state index in [2.05, 4.69) is 10.1 Å². The Morgan fingerprint density at radius 2 is 2.36 bits per heavy atom. The summed E-state index contributed by atoms with van der Waals surface area (Å²) >= 11 is 5.92. The van der Waals surface area contributed by atoms with Crippen LogP contribution in [-0.2, 0) is 6.54 Å². The van der Waals surface area contributed by atoms with E-state index in [1.54, 1.807) is 6.07 Å². The van der Waals surface area contributed by atoms with Crippen LogP contribution in [0.1, 0.15) is 41.0 Å². The van der Waals surface area contributed by atoms with Gasteiger partial charge in [0.1, 0.15) is 5.82 Å². The quantitative estimate of drug-likeness (QED) is 0.932. The van der Waals surface area contributed by atoms with E-state index in [-0.39, 0.29) is 17.7 Å². The van der Waals surface area contributed by atoms with E-state index < -0.39 is 5.91 Å². The van der Waals surface area contributed by atoms with Gasteiger partial charge in [-0.3, -0.25) is 9.69 Å². The molecule has 1 aliphatic rings. The first kappa shape index (κ1) is 14.9. The molecule has 0 saturated carbocycles. The van der Waals surface area contributed by atoms with Crippen molar-refractivity contribution in [3.63, 3.8) is 0 Å². The Hall–Kier alpha value is -1.99. The van der Waals surface area contributed by atoms with Gasteiger partial charge in [-0.05, 0) is 37.6 Å². The average molecular weight is 325 g/mol. The van der Waals surface area contributed by atoms with Gasteiger partial charge in [0.2, 0.25) is 5.89 Å². The molecule has 3 rings (SSSR count). The van der Waals surface area contributed by atoms with Crippen LogP contribution in [0.2, 0.25) is 5.02 Å². The van der Waals surface area contributed by atoms with Crippen LogP contribution in [0.15, 0.2) is 22.7 Å². The number of rotatable bonds is 4. The molecule has 0 bridgehead atoms. The smallest absolute Gasteiger partial charge is 0.290 e. The number of carbonyl (C=O) groups is 1. The Morgan fingerprint density at radius 3 is 3.09 bits per heavy atom. The maximum Gasteiger partial charge on any atom is 0.290 e. The third kappa shape index (κ3) is 2.95. The number of halogens is 2. The molecule has 1 aromatic heterocycles. The Kier molecular flexibility index (Phi) is 4.08. The van der Waals surface area contributed by atoms with Gasteiger partial charge in [-0.15, -0.1) is 0 Å². The average Bonchev–Trinajstić information content (AvgIpc) is 3.11. The number of carbonyl (C=O) groups excluding carboxylic acids is 1. The summed E-state index contributed by atoms with van der Waals surface area (Å²) in [5, 5.41) is 4.04. The summed E-state index contributed by atoms with van der Waals surface area (Å²) in [4.78, 5) is 17.1. The number of benzene rings is 1. The van der Waals surface area contributed by atoms with Crippen LogP contribution in [-0.4, -0.2) is 27.5 Å². The summed E-state index contributed by atoms with van der Waals surface area (Å²) < 4.78 is 19.0. The fourth-order valence-electron chi connectivity index (χ4n) is 2.65. The van der Waals surface area contributed by atoms with Crippen molar-refractivity contribution < 1.29 is 13.7 Å². The van der Waals surface area contributed by atoms with Crippen LogP contribution in [0.25, 0.3) is 0 Å². The molecule has 0 aliphatic carbocycles. The van der Waals surface area contributed by atoms with E-state index in [4.69, 9.17) is 21.9 Å². The van der Waals surface area contributed by atoms with Gasteiger partial charge in [0.05, 0.1) is 6.04 Å². The first-order chi connectivity index (χ1) is 10.5. The Balaban J connectivity index is 1.80. The van der Waals surface area contributed by atoms with Gasteiger partial charge in [0.15, 0.2) is 0 Å². The zero-order valence-electron chi connectivity index (χ0n) is 11.6. The van der Waals surface area contributed by atoms with Crippen LogP contribution in [0.3, 0.4) is 0 Å². The van der Waals surface area contributed by atoms with E-state index in [1.165, 1.54) is 12.1 Å². The largest absolute Gasteiger partial charge is 0.363 e. The lowest BCUT2D eigenvalue weighted by Gasteiger charge is -2.21. The second kappa shape index (κ2) is 6.02. The zero-order valence-corrected chi connectivity index (χ0v) is 12.4. The lowest BCUT2D eigenvalue weighted by molar-refractivity contribution is 0.0987. The summed E-state index contributed by atoms with van der Waals surface area (Å²) in [7, 11) is 0. The van der Waals surface area contributed by atoms with E-state index >= 15 is 0 Å². The van der Waals surface area contributed by atoms with Crippen LogP contribution in [0.5, 0.6) is 0 Å². The van der Waals surface area contributed by atoms with Gasteiger partial charge < -0.3 is 10.3 Å². The Bertz CT molecular complexity index is 706. The number of hydrogen-bond donors (Lipinski definition) is 1. The first-order valence-electron chi connectivity index (χ1n) is 6.86. The molecule has 116 valence electrons. The monoisotopic (exact) mass is 324 g/mol. The highest BCUT2D eigenvalue weighted by molar-refractivity contribution is 6.30. The molecule has 2 N–H and O–H groups in total. The van der Waals surface area contributed by atoms with E-state index in [0.717, 1.165) is 19.4 Å². The first-order valence-corrected chi connectivity index (χ1v) is 7.24. The van der Waals surface area contributed by atoms with E-state index in [1.807, 2.05) is 4.90 Å². The maximum absolute atomic E-state index is 13.9. The molecule has 1 fully saturated rings. The highest BCUT2D eigenvalue weighted by Crippen LogP contribution is 2.32. The van der Waals surface area contributed by atoms with Crippen LogP contribution in [0.4, 0.5) is 4.39 Å². The SMILES string of the molecule is NC(=O)c1noc([C@H]2CCCN2Cc2cc(Cl)ccc2F)n1. The van der Waals surface area contributed by atoms with Crippen molar-refractivity contribution in [1.29, 1.82) is 0 Å². The molecular formula is C14H14ClFN4O2. The highest BCUT2D eigenvalue weighted by atomic mass is 35.5. The number of nitrogens with two attached hydrogens (primary N) is 1. The summed E-state index contributed by atoms with van der Waals surface area (Å²) in [6.07, 6.45) is 1.71. The minimum Gasteiger partial charge on any atom is -0.363 e. The minimum atomic E-state index is -0.736. The summed E-state index contributed by atoms with van der Waals surface area (Å²) in [5.74, 6) is -0.858. The molecule has 1 saturated heterocycles. The van der Waals surface area contributed by atoms with Crippen molar-refractivity contribution in [2.24, 2.45) is 5.73 Å². The molecular weight excluding hydrogens is 311 g/mol. The standard InChI is InChI=1S/C14H14ClFN4O2/c15-9-3-4-10(16)8(6-9)7-20-5-1-2-11(20)14-18-13(12(17)21)19-22-14/h3-4,6,11H,1-2,5,7H2,(H2,17,21)/t11-/m1/s1. The number of aromatic nitrogens is 2. The molecule has 0 radical (unpaired) electrons. The molecule has 1 aliphatic heterocycles. The Labute approximate surface area is 131 Å². The number of hydrogen-bond acceptors (Lipinski definition) is 5. The molecule has 6 nitrogen and oxygen atoms in total. The van der Waals surface area contributed by atoms with Crippen molar-refractivity contribution >= 4 is 17.5 Å². The van der Waals surface area contributed by atoms with Crippen molar-refractivity contribution in [3.05, 3.63) is 46.3 Å². The number of amides is 1. The summed E-state index contributed by atoms with van der Waals surface area (Å²) in [6, 6.07) is 4.31. The van der Waals surface area contributed by atoms with Crippen molar-refractivity contribution in [2.75, 3.05) is 6.54 Å². The molecule has 22 heavy (non-hydrogen) atoms. The molecule has 8 heteroatoms. The topological polar surface area (TPSA) is 85.2 Å². The summed E-state index contributed by atoms with van der Waals surface area (Å²) in [6.45, 7) is 1.15. The molecule has 0 spiro atoms. The van der Waals surface area contributed by atoms with E-state index in [9.17, 15) is 9.18 Å². The second-order valence-electron chi connectivity index (χ2n) is 5.18. The van der Waals surface area contributed by atoms with Crippen LogP contribution < -0.4 is 5.73 Å². The fourth-order valence-corrected chi connectivity index (χ4v) is 2.84. The van der Waals surface area contributed by atoms with Gasteiger partial charge >= 0.3 is 0 Å². The van der Waals surface area contributed by atoms with Crippen LogP contribution in [0, 0.1) is 5.82 Å². The van der Waals surface area contributed by atoms with Gasteiger partial charge in [-0.1, -0.05) is 16.8 Å². The molecule has 0 unspecified atom stereocenters. The van der Waals surface area contributed by atoms with Gasteiger partial charge in [0.25, 0.3) is 11.7 Å². The predicted octanol–water partition coefficient (Wildman–Crippen LogP) is 2.30. The highest BCUT2D eigenvalue weighted by Gasteiger charge is 2.31. The zero-order chi connectivity index (χ0) is 15.7. The molecule has 2 heterocycles. The number of likely N-dealkylation sites (tertiary alicyclic amines) is 1. The molecule has 2 aromatic rings. The number of nitrogens with zero attached hydrogens (tertiary/aromatic N) is 3. The molecule has 1 aromatic carbocycles. The fraction of sp³-hybridized carbons (Fsp3) is 0.357. The molecule has 1 atom stereocenters. The lowest BCUT2D eigenvalue weighted by Crippen LogP contribution is -2.23. The van der Waals surface area contributed by atoms with E-state index in [0.29, 0.717) is 23.0 Å². The third-order valence-electron chi connectivity index (χ3n) is 3.69. The lowest BCUT2D eigenvalue weighted by atomic mass is 10.1. The predicted molar refractivity (Wildman–Crippen MR) is 76.6 cm³/mol. The van der Waals surface area contributed by atoms with Crippen molar-refractivity contribution in [2.45, 2.75) is 25.4 Å². The van der Waals surface area contributed by atoms with Crippen molar-refractivity contribution in [1.82, 2.24) is 15.0 Å². The van der Waals surface area contributed by atoms with Gasteiger partial charge in [0, 0.05) is 17.1 Å². The van der Waals surface area contributed by atoms with Crippen LogP contribution >= 0.6 is 11.6 Å². The maximum atomic E-state index is 13.9. The normalized spacial score (nSPS) is 18.7. The van der Waals surface area contributed by atoms with Crippen molar-refractivity contribution in [3.8, 4) is 0 Å². The summed E-state index contributed by atoms with van der Waals surface area (Å²) in [5.41, 5.74) is 5.63. The minimum absolute atomic E-state index is 0.143. The number of primary amides is 1. The van der Waals surface area contributed by atoms with Gasteiger partial charge in [-0.25, -0.2) is 4.39 Å². The molecule has 1 amide bonds. The Morgan fingerprint density at radius 1 is 1.55 bits per heavy atom. The second-order valence-corrected chi connectivity index (χ2v) is 5.62. The third-order valence-corrected chi connectivity index (χ3v) is 3.93. The van der Waals surface area contributed by atoms with Gasteiger partial charge in [-0.2, -0.15) is 4.98 Å².